The number of esters is 2. The van der Waals surface area contributed by atoms with E-state index >= 15 is 0 Å². The topological polar surface area (TPSA) is 128 Å². The number of anilines is 1. The fraction of sp³-hybridized carbons (Fsp3) is 0.485. The van der Waals surface area contributed by atoms with Gasteiger partial charge >= 0.3 is 11.9 Å². The van der Waals surface area contributed by atoms with Gasteiger partial charge < -0.3 is 34.0 Å². The Morgan fingerprint density at radius 2 is 1.75 bits per heavy atom. The lowest BCUT2D eigenvalue weighted by Crippen LogP contribution is -2.58. The summed E-state index contributed by atoms with van der Waals surface area (Å²) in [7, 11) is 5.85. The molecule has 234 valence electrons. The summed E-state index contributed by atoms with van der Waals surface area (Å²) in [4.78, 5) is 45.3. The van der Waals surface area contributed by atoms with Gasteiger partial charge in [-0.15, -0.1) is 0 Å². The minimum Gasteiger partial charge on any atom is -0.493 e. The molecular weight excluding hydrogens is 566 g/mol. The zero-order valence-corrected chi connectivity index (χ0v) is 25.7. The van der Waals surface area contributed by atoms with E-state index in [2.05, 4.69) is 33.4 Å². The molecule has 3 heterocycles. The monoisotopic (exact) mass is 605 g/mol. The maximum Gasteiger partial charge on any atom is 0.340 e. The quantitative estimate of drug-likeness (QED) is 0.383. The number of fused-ring (bicyclic) bond motifs is 6. The van der Waals surface area contributed by atoms with E-state index in [1.807, 2.05) is 6.07 Å². The molecule has 1 aromatic heterocycles. The van der Waals surface area contributed by atoms with E-state index in [-0.39, 0.29) is 41.0 Å². The Bertz CT molecular complexity index is 1580. The number of aromatic nitrogens is 1. The number of H-pyrrole nitrogens is 1. The third kappa shape index (κ3) is 5.17. The fourth-order valence-corrected chi connectivity index (χ4v) is 7.74. The smallest absolute Gasteiger partial charge is 0.340 e. The first-order chi connectivity index (χ1) is 21.3. The van der Waals surface area contributed by atoms with Gasteiger partial charge in [-0.2, -0.15) is 0 Å². The fourth-order valence-electron chi connectivity index (χ4n) is 7.74. The second-order valence-electron chi connectivity index (χ2n) is 11.8. The van der Waals surface area contributed by atoms with Crippen LogP contribution in [0.3, 0.4) is 0 Å². The van der Waals surface area contributed by atoms with E-state index < -0.39 is 24.1 Å². The summed E-state index contributed by atoms with van der Waals surface area (Å²) in [6, 6.07) is 11.5. The highest BCUT2D eigenvalue weighted by atomic mass is 16.6. The van der Waals surface area contributed by atoms with Crippen molar-refractivity contribution in [3.8, 4) is 11.5 Å². The van der Waals surface area contributed by atoms with E-state index in [1.54, 1.807) is 0 Å². The van der Waals surface area contributed by atoms with E-state index in [4.69, 9.17) is 23.7 Å². The maximum absolute atomic E-state index is 13.7. The zero-order valence-electron chi connectivity index (χ0n) is 25.7. The van der Waals surface area contributed by atoms with Crippen LogP contribution < -0.4 is 14.8 Å². The number of hydrogen-bond donors (Lipinski definition) is 2. The minimum atomic E-state index is -0.721. The molecule has 11 nitrogen and oxygen atoms in total. The molecule has 11 heteroatoms. The van der Waals surface area contributed by atoms with Crippen LogP contribution in [0.5, 0.6) is 11.5 Å². The van der Waals surface area contributed by atoms with Crippen LogP contribution >= 0.6 is 0 Å². The first kappa shape index (κ1) is 30.0. The van der Waals surface area contributed by atoms with Crippen molar-refractivity contribution in [2.45, 2.75) is 44.4 Å². The number of carbonyl (C=O) groups is 3. The first-order valence-corrected chi connectivity index (χ1v) is 15.0. The molecule has 0 spiro atoms. The van der Waals surface area contributed by atoms with Gasteiger partial charge in [0.05, 0.1) is 44.5 Å². The molecule has 2 fully saturated rings. The van der Waals surface area contributed by atoms with Crippen LogP contribution in [0.4, 0.5) is 5.69 Å². The van der Waals surface area contributed by atoms with Crippen LogP contribution in [0.15, 0.2) is 36.4 Å². The lowest BCUT2D eigenvalue weighted by atomic mass is 9.63. The summed E-state index contributed by atoms with van der Waals surface area (Å²) < 4.78 is 28.2. The third-order valence-electron chi connectivity index (χ3n) is 9.61. The molecule has 2 aromatic carbocycles. The predicted molar refractivity (Wildman–Crippen MR) is 162 cm³/mol. The molecule has 0 radical (unpaired) electrons. The first-order valence-electron chi connectivity index (χ1n) is 15.0. The van der Waals surface area contributed by atoms with Crippen LogP contribution in [0.25, 0.3) is 10.9 Å². The van der Waals surface area contributed by atoms with Gasteiger partial charge in [0.2, 0.25) is 5.91 Å². The van der Waals surface area contributed by atoms with Crippen LogP contribution in [0.1, 0.15) is 47.4 Å². The maximum atomic E-state index is 13.7. The number of ether oxygens (including phenoxy) is 5. The van der Waals surface area contributed by atoms with Crippen molar-refractivity contribution in [1.82, 2.24) is 9.88 Å². The summed E-state index contributed by atoms with van der Waals surface area (Å²) >= 11 is 0. The SMILES string of the molecule is COC(=O)C1C2CC3c4[nH]c5ccccc5c4CCN3CC2CC(OC(=O)c2cc(OC)c(OC)cc2NC(C)=O)C1OC. The highest BCUT2D eigenvalue weighted by Gasteiger charge is 2.54. The number of amides is 1. The van der Waals surface area contributed by atoms with Crippen molar-refractivity contribution < 1.29 is 38.1 Å². The van der Waals surface area contributed by atoms with Gasteiger partial charge in [0.15, 0.2) is 11.5 Å². The highest BCUT2D eigenvalue weighted by molar-refractivity contribution is 6.01. The summed E-state index contributed by atoms with van der Waals surface area (Å²) in [5.41, 5.74) is 4.04. The number of hydrogen-bond acceptors (Lipinski definition) is 9. The third-order valence-corrected chi connectivity index (χ3v) is 9.61. The zero-order chi connectivity index (χ0) is 31.1. The van der Waals surface area contributed by atoms with Crippen molar-refractivity contribution in [2.24, 2.45) is 17.8 Å². The molecule has 2 N–H and O–H groups in total. The van der Waals surface area contributed by atoms with Crippen molar-refractivity contribution in [1.29, 1.82) is 0 Å². The molecule has 44 heavy (non-hydrogen) atoms. The van der Waals surface area contributed by atoms with Gasteiger partial charge in [-0.05, 0) is 42.7 Å². The molecule has 6 atom stereocenters. The van der Waals surface area contributed by atoms with E-state index in [0.29, 0.717) is 17.9 Å². The number of benzene rings is 2. The Hall–Kier alpha value is -4.09. The lowest BCUT2D eigenvalue weighted by molar-refractivity contribution is -0.176. The Balaban J connectivity index is 1.31. The Kier molecular flexibility index (Phi) is 8.26. The number of para-hydroxylation sites is 1. The van der Waals surface area contributed by atoms with Gasteiger partial charge in [0, 0.05) is 55.9 Å². The highest BCUT2D eigenvalue weighted by Crippen LogP contribution is 2.50. The number of carbonyl (C=O) groups excluding carboxylic acids is 3. The molecule has 1 aliphatic carbocycles. The molecule has 3 aromatic rings. The molecule has 1 saturated carbocycles. The van der Waals surface area contributed by atoms with Crippen molar-refractivity contribution in [3.63, 3.8) is 0 Å². The molecule has 0 bridgehead atoms. The second kappa shape index (κ2) is 12.1. The molecule has 6 rings (SSSR count). The average Bonchev–Trinajstić information content (AvgIpc) is 3.41. The molecule has 2 aliphatic heterocycles. The summed E-state index contributed by atoms with van der Waals surface area (Å²) in [5.74, 6) is -1.32. The van der Waals surface area contributed by atoms with Gasteiger partial charge in [-0.1, -0.05) is 18.2 Å². The molecule has 3 aliphatic rings. The number of nitrogens with zero attached hydrogens (tertiary/aromatic N) is 1. The Labute approximate surface area is 256 Å². The number of aromatic amines is 1. The van der Waals surface area contributed by atoms with Crippen LogP contribution in [0.2, 0.25) is 0 Å². The van der Waals surface area contributed by atoms with E-state index in [1.165, 1.54) is 64.1 Å². The molecular formula is C33H39N3O8. The normalized spacial score (nSPS) is 26.1. The number of methoxy groups -OCH3 is 4. The van der Waals surface area contributed by atoms with E-state index in [9.17, 15) is 14.4 Å². The van der Waals surface area contributed by atoms with Crippen molar-refractivity contribution in [3.05, 3.63) is 53.2 Å². The van der Waals surface area contributed by atoms with Gasteiger partial charge in [0.1, 0.15) is 12.2 Å². The standard InChI is InChI=1S/C33H39N3O8/c1-17(37)34-24-15-27(41-3)26(40-2)14-22(24)32(38)44-28-12-18-16-36-11-10-20-19-8-6-7-9-23(19)35-30(20)25(36)13-21(18)29(31(28)42-4)33(39)43-5/h6-9,14-15,18,21,25,28-29,31,35H,10-13,16H2,1-5H3,(H,34,37). The average molecular weight is 606 g/mol. The largest absolute Gasteiger partial charge is 0.493 e. The van der Waals surface area contributed by atoms with E-state index in [0.717, 1.165) is 31.4 Å². The minimum absolute atomic E-state index is 0.0306. The summed E-state index contributed by atoms with van der Waals surface area (Å²) in [6.45, 7) is 3.02. The molecule has 1 amide bonds. The number of nitrogens with one attached hydrogen (secondary N) is 2. The Morgan fingerprint density at radius 1 is 1.00 bits per heavy atom. The second-order valence-corrected chi connectivity index (χ2v) is 11.8. The number of rotatable bonds is 7. The molecule has 6 unspecified atom stereocenters. The van der Waals surface area contributed by atoms with Gasteiger partial charge in [-0.3, -0.25) is 14.5 Å². The lowest BCUT2D eigenvalue weighted by Gasteiger charge is -2.52. The summed E-state index contributed by atoms with van der Waals surface area (Å²) in [5, 5.41) is 3.94. The van der Waals surface area contributed by atoms with Crippen molar-refractivity contribution >= 4 is 34.4 Å². The van der Waals surface area contributed by atoms with Crippen LogP contribution in [0, 0.1) is 17.8 Å². The predicted octanol–water partition coefficient (Wildman–Crippen LogP) is 4.11. The summed E-state index contributed by atoms with van der Waals surface area (Å²) in [6.07, 6.45) is 0.787. The Morgan fingerprint density at radius 3 is 2.45 bits per heavy atom. The molecule has 1 saturated heterocycles. The van der Waals surface area contributed by atoms with Crippen LogP contribution in [-0.2, 0) is 30.2 Å². The van der Waals surface area contributed by atoms with Gasteiger partial charge in [0.25, 0.3) is 0 Å². The van der Waals surface area contributed by atoms with Gasteiger partial charge in [-0.25, -0.2) is 4.79 Å². The number of piperidine rings is 1. The van der Waals surface area contributed by atoms with Crippen LogP contribution in [-0.4, -0.2) is 81.5 Å². The van der Waals surface area contributed by atoms with Crippen molar-refractivity contribution in [2.75, 3.05) is 46.8 Å².